The number of nitrogens with one attached hydrogen (secondary N) is 1. The first-order chi connectivity index (χ1) is 7.51. The standard InChI is InChI=1S/C15H29N/c1-6-10-15(4,5)13-9-8-12(3)11-14(13)16-7-2/h6,12-14,16H,1,7-11H2,2-5H3. The maximum atomic E-state index is 3.91. The fourth-order valence-electron chi connectivity index (χ4n) is 3.33. The maximum absolute atomic E-state index is 3.91. The molecule has 0 bridgehead atoms. The molecule has 3 atom stereocenters. The summed E-state index contributed by atoms with van der Waals surface area (Å²) in [5.74, 6) is 1.70. The van der Waals surface area contributed by atoms with E-state index in [2.05, 4.69) is 45.7 Å². The van der Waals surface area contributed by atoms with Crippen molar-refractivity contribution in [3.8, 4) is 0 Å². The van der Waals surface area contributed by atoms with E-state index in [0.717, 1.165) is 24.8 Å². The number of hydrogen-bond acceptors (Lipinski definition) is 1. The minimum Gasteiger partial charge on any atom is -0.314 e. The Bertz CT molecular complexity index is 219. The molecule has 0 aliphatic heterocycles. The molecule has 1 rings (SSSR count). The molecule has 0 aromatic rings. The molecule has 1 saturated carbocycles. The second kappa shape index (κ2) is 5.86. The highest BCUT2D eigenvalue weighted by Gasteiger charge is 2.37. The van der Waals surface area contributed by atoms with E-state index in [4.69, 9.17) is 0 Å². The van der Waals surface area contributed by atoms with Crippen LogP contribution in [0.25, 0.3) is 0 Å². The normalized spacial score (nSPS) is 31.4. The second-order valence-electron chi connectivity index (χ2n) is 6.17. The van der Waals surface area contributed by atoms with Gasteiger partial charge in [0.1, 0.15) is 0 Å². The average Bonchev–Trinajstić information content (AvgIpc) is 2.17. The number of hydrogen-bond donors (Lipinski definition) is 1. The molecule has 0 aromatic carbocycles. The molecule has 16 heavy (non-hydrogen) atoms. The fraction of sp³-hybridized carbons (Fsp3) is 0.867. The first-order valence-electron chi connectivity index (χ1n) is 6.85. The van der Waals surface area contributed by atoms with Crippen LogP contribution in [-0.4, -0.2) is 12.6 Å². The van der Waals surface area contributed by atoms with E-state index >= 15 is 0 Å². The third-order valence-corrected chi connectivity index (χ3v) is 4.25. The largest absolute Gasteiger partial charge is 0.314 e. The molecule has 0 heterocycles. The Morgan fingerprint density at radius 1 is 1.38 bits per heavy atom. The SMILES string of the molecule is C=CCC(C)(C)C1CCC(C)CC1NCC. The molecule has 0 radical (unpaired) electrons. The van der Waals surface area contributed by atoms with Crippen LogP contribution < -0.4 is 5.32 Å². The Balaban J connectivity index is 2.71. The minimum absolute atomic E-state index is 0.398. The van der Waals surface area contributed by atoms with Gasteiger partial charge in [0.25, 0.3) is 0 Å². The smallest absolute Gasteiger partial charge is 0.0103 e. The number of allylic oxidation sites excluding steroid dienone is 1. The molecule has 0 saturated heterocycles. The van der Waals surface area contributed by atoms with Crippen molar-refractivity contribution < 1.29 is 0 Å². The zero-order valence-corrected chi connectivity index (χ0v) is 11.6. The summed E-state index contributed by atoms with van der Waals surface area (Å²) in [6.45, 7) is 14.4. The second-order valence-corrected chi connectivity index (χ2v) is 6.17. The molecule has 1 N–H and O–H groups in total. The van der Waals surface area contributed by atoms with Gasteiger partial charge in [0.05, 0.1) is 0 Å². The molecule has 1 aliphatic carbocycles. The lowest BCUT2D eigenvalue weighted by atomic mass is 9.65. The van der Waals surface area contributed by atoms with Crippen LogP contribution in [0.5, 0.6) is 0 Å². The first-order valence-corrected chi connectivity index (χ1v) is 6.85. The van der Waals surface area contributed by atoms with Crippen molar-refractivity contribution in [2.45, 2.75) is 59.4 Å². The molecule has 0 aromatic heterocycles. The van der Waals surface area contributed by atoms with Crippen LogP contribution >= 0.6 is 0 Å². The van der Waals surface area contributed by atoms with Gasteiger partial charge in [-0.15, -0.1) is 6.58 Å². The van der Waals surface area contributed by atoms with Crippen LogP contribution in [-0.2, 0) is 0 Å². The summed E-state index contributed by atoms with van der Waals surface area (Å²) in [6.07, 6.45) is 7.33. The van der Waals surface area contributed by atoms with Crippen molar-refractivity contribution in [3.05, 3.63) is 12.7 Å². The van der Waals surface area contributed by atoms with Crippen LogP contribution in [0.3, 0.4) is 0 Å². The molecule has 1 nitrogen and oxygen atoms in total. The monoisotopic (exact) mass is 223 g/mol. The molecule has 3 unspecified atom stereocenters. The summed E-state index contributed by atoms with van der Waals surface area (Å²) in [5.41, 5.74) is 0.398. The highest BCUT2D eigenvalue weighted by Crippen LogP contribution is 2.42. The van der Waals surface area contributed by atoms with Gasteiger partial charge in [0.15, 0.2) is 0 Å². The van der Waals surface area contributed by atoms with Crippen LogP contribution in [0, 0.1) is 17.3 Å². The van der Waals surface area contributed by atoms with E-state index < -0.39 is 0 Å². The van der Waals surface area contributed by atoms with Crippen molar-refractivity contribution in [1.29, 1.82) is 0 Å². The van der Waals surface area contributed by atoms with E-state index in [1.54, 1.807) is 0 Å². The first kappa shape index (κ1) is 13.8. The lowest BCUT2D eigenvalue weighted by Crippen LogP contribution is -2.46. The van der Waals surface area contributed by atoms with E-state index in [1.165, 1.54) is 19.3 Å². The Labute approximate surface area is 102 Å². The third kappa shape index (κ3) is 3.35. The summed E-state index contributed by atoms with van der Waals surface area (Å²) >= 11 is 0. The van der Waals surface area contributed by atoms with Gasteiger partial charge >= 0.3 is 0 Å². The highest BCUT2D eigenvalue weighted by molar-refractivity contribution is 4.94. The molecule has 94 valence electrons. The highest BCUT2D eigenvalue weighted by atomic mass is 14.9. The van der Waals surface area contributed by atoms with Crippen LogP contribution in [0.2, 0.25) is 0 Å². The van der Waals surface area contributed by atoms with Gasteiger partial charge in [-0.25, -0.2) is 0 Å². The third-order valence-electron chi connectivity index (χ3n) is 4.25. The minimum atomic E-state index is 0.398. The molecule has 0 spiro atoms. The van der Waals surface area contributed by atoms with E-state index in [1.807, 2.05) is 0 Å². The fourth-order valence-corrected chi connectivity index (χ4v) is 3.33. The average molecular weight is 223 g/mol. The van der Waals surface area contributed by atoms with Gasteiger partial charge in [-0.2, -0.15) is 0 Å². The van der Waals surface area contributed by atoms with Crippen molar-refractivity contribution >= 4 is 0 Å². The van der Waals surface area contributed by atoms with Crippen molar-refractivity contribution in [2.24, 2.45) is 17.3 Å². The summed E-state index contributed by atoms with van der Waals surface area (Å²) in [5, 5.41) is 3.70. The van der Waals surface area contributed by atoms with Crippen LogP contribution in [0.1, 0.15) is 53.4 Å². The van der Waals surface area contributed by atoms with Crippen LogP contribution in [0.15, 0.2) is 12.7 Å². The summed E-state index contributed by atoms with van der Waals surface area (Å²) in [7, 11) is 0. The number of rotatable bonds is 5. The summed E-state index contributed by atoms with van der Waals surface area (Å²) in [6, 6.07) is 0.712. The Morgan fingerprint density at radius 2 is 2.06 bits per heavy atom. The Morgan fingerprint density at radius 3 is 2.62 bits per heavy atom. The van der Waals surface area contributed by atoms with Crippen molar-refractivity contribution in [1.82, 2.24) is 5.32 Å². The molecular weight excluding hydrogens is 194 g/mol. The Kier molecular flexibility index (Phi) is 5.04. The van der Waals surface area contributed by atoms with E-state index in [9.17, 15) is 0 Å². The topological polar surface area (TPSA) is 12.0 Å². The summed E-state index contributed by atoms with van der Waals surface area (Å²) in [4.78, 5) is 0. The van der Waals surface area contributed by atoms with Gasteiger partial charge in [0, 0.05) is 6.04 Å². The lowest BCUT2D eigenvalue weighted by molar-refractivity contribution is 0.0971. The molecule has 1 heteroatoms. The zero-order chi connectivity index (χ0) is 12.2. The predicted octanol–water partition coefficient (Wildman–Crippen LogP) is 4.00. The van der Waals surface area contributed by atoms with E-state index in [-0.39, 0.29) is 0 Å². The predicted molar refractivity (Wildman–Crippen MR) is 72.6 cm³/mol. The molecule has 1 fully saturated rings. The van der Waals surface area contributed by atoms with Crippen molar-refractivity contribution in [2.75, 3.05) is 6.54 Å². The van der Waals surface area contributed by atoms with Gasteiger partial charge in [0.2, 0.25) is 0 Å². The molecular formula is C15H29N. The van der Waals surface area contributed by atoms with Gasteiger partial charge < -0.3 is 5.32 Å². The van der Waals surface area contributed by atoms with Crippen molar-refractivity contribution in [3.63, 3.8) is 0 Å². The zero-order valence-electron chi connectivity index (χ0n) is 11.6. The van der Waals surface area contributed by atoms with Gasteiger partial charge in [-0.05, 0) is 43.1 Å². The molecule has 1 aliphatic rings. The summed E-state index contributed by atoms with van der Waals surface area (Å²) < 4.78 is 0. The Hall–Kier alpha value is -0.300. The molecule has 0 amide bonds. The maximum Gasteiger partial charge on any atom is 0.0103 e. The van der Waals surface area contributed by atoms with Crippen LogP contribution in [0.4, 0.5) is 0 Å². The lowest BCUT2D eigenvalue weighted by Gasteiger charge is -2.44. The van der Waals surface area contributed by atoms with Gasteiger partial charge in [-0.3, -0.25) is 0 Å². The quantitative estimate of drug-likeness (QED) is 0.695. The van der Waals surface area contributed by atoms with E-state index in [0.29, 0.717) is 11.5 Å². The van der Waals surface area contributed by atoms with Gasteiger partial charge in [-0.1, -0.05) is 40.2 Å².